The molecule has 0 unspecified atom stereocenters. The number of hydrogen-bond acceptors (Lipinski definition) is 5. The van der Waals surface area contributed by atoms with Gasteiger partial charge >= 0.3 is 0 Å². The monoisotopic (exact) mass is 288 g/mol. The number of rotatable bonds is 3. The summed E-state index contributed by atoms with van der Waals surface area (Å²) in [6.07, 6.45) is 0. The number of nitrogens with two attached hydrogens (primary N) is 1. The highest BCUT2D eigenvalue weighted by molar-refractivity contribution is 7.89. The van der Waals surface area contributed by atoms with Crippen LogP contribution in [0.3, 0.4) is 0 Å². The summed E-state index contributed by atoms with van der Waals surface area (Å²) in [5, 5.41) is 1.62. The molecule has 1 aliphatic heterocycles. The van der Waals surface area contributed by atoms with E-state index in [1.807, 2.05) is 7.05 Å². The Morgan fingerprint density at radius 2 is 1.89 bits per heavy atom. The fraction of sp³-hybridized carbons (Fsp3) is 0.455. The van der Waals surface area contributed by atoms with Crippen molar-refractivity contribution in [3.8, 4) is 0 Å². The minimum atomic E-state index is -3.76. The summed E-state index contributed by atoms with van der Waals surface area (Å²) in [4.78, 5) is 4.47. The summed E-state index contributed by atoms with van der Waals surface area (Å²) in [7, 11) is -1.78. The van der Waals surface area contributed by atoms with Crippen molar-refractivity contribution < 1.29 is 12.8 Å². The number of nitrogen functional groups attached to an aromatic ring is 1. The molecule has 1 aromatic carbocycles. The fourth-order valence-electron chi connectivity index (χ4n) is 1.88. The van der Waals surface area contributed by atoms with E-state index in [1.165, 1.54) is 6.07 Å². The molecule has 1 aliphatic rings. The van der Waals surface area contributed by atoms with Crippen LogP contribution in [-0.4, -0.2) is 51.6 Å². The van der Waals surface area contributed by atoms with Gasteiger partial charge in [-0.1, -0.05) is 0 Å². The van der Waals surface area contributed by atoms with Gasteiger partial charge in [0.2, 0.25) is 0 Å². The van der Waals surface area contributed by atoms with Gasteiger partial charge in [0.05, 0.1) is 5.69 Å². The lowest BCUT2D eigenvalue weighted by molar-refractivity contribution is 0.135. The molecule has 0 saturated carbocycles. The summed E-state index contributed by atoms with van der Waals surface area (Å²) in [5.74, 6) is -0.559. The van der Waals surface area contributed by atoms with Gasteiger partial charge in [-0.05, 0) is 25.2 Å². The minimum absolute atomic E-state index is 0.0957. The minimum Gasteiger partial charge on any atom is -0.398 e. The van der Waals surface area contributed by atoms with E-state index in [0.29, 0.717) is 13.1 Å². The van der Waals surface area contributed by atoms with Crippen LogP contribution in [0.5, 0.6) is 0 Å². The lowest BCUT2D eigenvalue weighted by atomic mass is 10.3. The van der Waals surface area contributed by atoms with Crippen LogP contribution in [0.2, 0.25) is 0 Å². The van der Waals surface area contributed by atoms with Crippen molar-refractivity contribution in [3.05, 3.63) is 24.0 Å². The highest BCUT2D eigenvalue weighted by Gasteiger charge is 2.23. The highest BCUT2D eigenvalue weighted by Crippen LogP contribution is 2.19. The van der Waals surface area contributed by atoms with E-state index in [-0.39, 0.29) is 10.6 Å². The Bertz CT molecular complexity index is 556. The molecule has 0 aromatic heterocycles. The van der Waals surface area contributed by atoms with Crippen LogP contribution >= 0.6 is 0 Å². The summed E-state index contributed by atoms with van der Waals surface area (Å²) in [6.45, 7) is 2.75. The number of halogens is 1. The fourth-order valence-corrected chi connectivity index (χ4v) is 3.12. The van der Waals surface area contributed by atoms with Gasteiger partial charge < -0.3 is 10.6 Å². The number of hydrogen-bond donors (Lipinski definition) is 2. The molecule has 0 bridgehead atoms. The predicted octanol–water partition coefficient (Wildman–Crippen LogP) is -0.151. The summed E-state index contributed by atoms with van der Waals surface area (Å²) < 4.78 is 37.2. The van der Waals surface area contributed by atoms with E-state index in [4.69, 9.17) is 5.73 Å². The van der Waals surface area contributed by atoms with Crippen LogP contribution in [0.1, 0.15) is 0 Å². The summed E-state index contributed by atoms with van der Waals surface area (Å²) in [6, 6.07) is 3.25. The maximum atomic E-state index is 12.9. The number of anilines is 1. The molecule has 0 atom stereocenters. The van der Waals surface area contributed by atoms with E-state index in [2.05, 4.69) is 9.73 Å². The maximum Gasteiger partial charge on any atom is 0.255 e. The van der Waals surface area contributed by atoms with Gasteiger partial charge in [0.15, 0.2) is 0 Å². The molecule has 1 saturated heterocycles. The van der Waals surface area contributed by atoms with Crippen LogP contribution in [0.15, 0.2) is 23.1 Å². The largest absolute Gasteiger partial charge is 0.398 e. The molecule has 2 rings (SSSR count). The van der Waals surface area contributed by atoms with Crippen molar-refractivity contribution in [1.82, 2.24) is 14.7 Å². The second kappa shape index (κ2) is 5.41. The molecule has 0 radical (unpaired) electrons. The third-order valence-corrected chi connectivity index (χ3v) is 4.46. The van der Waals surface area contributed by atoms with E-state index in [9.17, 15) is 12.8 Å². The van der Waals surface area contributed by atoms with Gasteiger partial charge in [-0.2, -0.15) is 0 Å². The smallest absolute Gasteiger partial charge is 0.255 e. The number of nitrogens with one attached hydrogen (secondary N) is 1. The van der Waals surface area contributed by atoms with E-state index >= 15 is 0 Å². The number of hydrazine groups is 1. The van der Waals surface area contributed by atoms with Gasteiger partial charge in [-0.25, -0.2) is 17.8 Å². The Morgan fingerprint density at radius 3 is 2.47 bits per heavy atom. The third-order valence-electron chi connectivity index (χ3n) is 3.01. The average Bonchev–Trinajstić information content (AvgIpc) is 2.31. The number of benzene rings is 1. The van der Waals surface area contributed by atoms with Gasteiger partial charge in [-0.3, -0.25) is 0 Å². The lowest BCUT2D eigenvalue weighted by Gasteiger charge is -2.32. The standard InChI is InChI=1S/C11H17FN4O2S/c1-15-4-6-16(7-5-15)14-19(17,18)11-3-2-9(12)8-10(11)13/h2-3,8,14H,4-7,13H2,1H3. The Hall–Kier alpha value is -1.22. The molecule has 6 nitrogen and oxygen atoms in total. The van der Waals surface area contributed by atoms with Crippen molar-refractivity contribution >= 4 is 15.7 Å². The Morgan fingerprint density at radius 1 is 1.26 bits per heavy atom. The average molecular weight is 288 g/mol. The Labute approximate surface area is 112 Å². The molecule has 1 fully saturated rings. The first-order chi connectivity index (χ1) is 8.88. The molecule has 1 heterocycles. The molecule has 0 aliphatic carbocycles. The van der Waals surface area contributed by atoms with Gasteiger partial charge in [0, 0.05) is 26.2 Å². The number of nitrogens with zero attached hydrogens (tertiary/aromatic N) is 2. The molecule has 19 heavy (non-hydrogen) atoms. The second-order valence-electron chi connectivity index (χ2n) is 4.57. The normalized spacial score (nSPS) is 18.6. The topological polar surface area (TPSA) is 78.7 Å². The zero-order valence-electron chi connectivity index (χ0n) is 10.6. The van der Waals surface area contributed by atoms with Crippen molar-refractivity contribution in [1.29, 1.82) is 0 Å². The van der Waals surface area contributed by atoms with Crippen molar-refractivity contribution in [2.24, 2.45) is 0 Å². The lowest BCUT2D eigenvalue weighted by Crippen LogP contribution is -2.52. The van der Waals surface area contributed by atoms with Gasteiger partial charge in [-0.15, -0.1) is 4.83 Å². The van der Waals surface area contributed by atoms with Crippen molar-refractivity contribution in [2.75, 3.05) is 39.0 Å². The van der Waals surface area contributed by atoms with Crippen LogP contribution < -0.4 is 10.6 Å². The number of likely N-dealkylation sites (N-methyl/N-ethyl adjacent to an activating group) is 1. The van der Waals surface area contributed by atoms with Crippen LogP contribution in [0.4, 0.5) is 10.1 Å². The third kappa shape index (κ3) is 3.41. The van der Waals surface area contributed by atoms with Crippen molar-refractivity contribution in [3.63, 3.8) is 0 Å². The molecule has 0 amide bonds. The van der Waals surface area contributed by atoms with Crippen LogP contribution in [0.25, 0.3) is 0 Å². The van der Waals surface area contributed by atoms with Crippen molar-refractivity contribution in [2.45, 2.75) is 4.90 Å². The van der Waals surface area contributed by atoms with Gasteiger partial charge in [0.1, 0.15) is 10.7 Å². The Kier molecular flexibility index (Phi) is 4.04. The van der Waals surface area contributed by atoms with Crippen LogP contribution in [-0.2, 0) is 10.0 Å². The molecular formula is C11H17FN4O2S. The zero-order valence-corrected chi connectivity index (χ0v) is 11.5. The Balaban J connectivity index is 2.14. The SMILES string of the molecule is CN1CCN(NS(=O)(=O)c2ccc(F)cc2N)CC1. The maximum absolute atomic E-state index is 12.9. The molecule has 3 N–H and O–H groups in total. The molecule has 0 spiro atoms. The first-order valence-corrected chi connectivity index (χ1v) is 7.38. The van der Waals surface area contributed by atoms with E-state index in [0.717, 1.165) is 25.2 Å². The first-order valence-electron chi connectivity index (χ1n) is 5.89. The number of sulfonamides is 1. The van der Waals surface area contributed by atoms with E-state index < -0.39 is 15.8 Å². The second-order valence-corrected chi connectivity index (χ2v) is 6.20. The van der Waals surface area contributed by atoms with Crippen LogP contribution in [0, 0.1) is 5.82 Å². The summed E-state index contributed by atoms with van der Waals surface area (Å²) >= 11 is 0. The molecule has 106 valence electrons. The molecule has 1 aromatic rings. The highest BCUT2D eigenvalue weighted by atomic mass is 32.2. The first kappa shape index (κ1) is 14.2. The zero-order chi connectivity index (χ0) is 14.0. The van der Waals surface area contributed by atoms with Gasteiger partial charge in [0.25, 0.3) is 10.0 Å². The number of piperazine rings is 1. The van der Waals surface area contributed by atoms with E-state index in [1.54, 1.807) is 5.01 Å². The summed E-state index contributed by atoms with van der Waals surface area (Å²) in [5.41, 5.74) is 5.45. The molecule has 8 heteroatoms. The quantitative estimate of drug-likeness (QED) is 0.756. The molecular weight excluding hydrogens is 271 g/mol. The predicted molar refractivity (Wildman–Crippen MR) is 70.2 cm³/mol.